The van der Waals surface area contributed by atoms with Crippen LogP contribution < -0.4 is 0 Å². The number of ether oxygens (including phenoxy) is 1. The number of hydrogen-bond donors (Lipinski definition) is 0. The summed E-state index contributed by atoms with van der Waals surface area (Å²) in [4.78, 5) is 13.9. The fourth-order valence-corrected chi connectivity index (χ4v) is 2.81. The molecule has 1 aliphatic heterocycles. The van der Waals surface area contributed by atoms with Gasteiger partial charge in [-0.15, -0.1) is 10.2 Å². The van der Waals surface area contributed by atoms with Crippen LogP contribution >= 0.6 is 0 Å². The molecular weight excluding hydrogens is 244 g/mol. The molecule has 0 radical (unpaired) electrons. The maximum absolute atomic E-state index is 11.7. The number of likely N-dealkylation sites (tertiary alicyclic amines) is 1. The summed E-state index contributed by atoms with van der Waals surface area (Å²) in [5.41, 5.74) is 0. The van der Waals surface area contributed by atoms with Crippen LogP contribution in [0.1, 0.15) is 43.3 Å². The van der Waals surface area contributed by atoms with Crippen LogP contribution in [0.4, 0.5) is 0 Å². The van der Waals surface area contributed by atoms with Crippen LogP contribution in [0.15, 0.2) is 0 Å². The van der Waals surface area contributed by atoms with Crippen LogP contribution in [-0.4, -0.2) is 45.3 Å². The molecule has 1 atom stereocenters. The van der Waals surface area contributed by atoms with E-state index >= 15 is 0 Å². The molecule has 2 aliphatic rings. The van der Waals surface area contributed by atoms with E-state index in [1.165, 1.54) is 20.0 Å². The van der Waals surface area contributed by atoms with E-state index in [1.54, 1.807) is 0 Å². The molecule has 0 N–H and O–H groups in total. The number of esters is 1. The highest BCUT2D eigenvalue weighted by atomic mass is 16.5. The molecular formula is C13H20N4O2. The van der Waals surface area contributed by atoms with Crippen molar-refractivity contribution < 1.29 is 9.53 Å². The van der Waals surface area contributed by atoms with Crippen molar-refractivity contribution in [1.29, 1.82) is 0 Å². The lowest BCUT2D eigenvalue weighted by Crippen LogP contribution is -2.37. The standard InChI is InChI=1S/C13H20N4O2/c1-16-11(14-15-12(16)9-5-6-9)8-17-7-3-4-10(17)13(18)19-2/h9-10H,3-8H2,1-2H3. The van der Waals surface area contributed by atoms with Crippen LogP contribution in [-0.2, 0) is 23.1 Å². The van der Waals surface area contributed by atoms with E-state index in [4.69, 9.17) is 4.74 Å². The molecule has 0 bridgehead atoms. The topological polar surface area (TPSA) is 60.2 Å². The highest BCUT2D eigenvalue weighted by Gasteiger charge is 2.34. The molecule has 1 saturated carbocycles. The van der Waals surface area contributed by atoms with Gasteiger partial charge < -0.3 is 9.30 Å². The molecule has 6 heteroatoms. The van der Waals surface area contributed by atoms with Crippen molar-refractivity contribution in [2.75, 3.05) is 13.7 Å². The molecule has 19 heavy (non-hydrogen) atoms. The van der Waals surface area contributed by atoms with Gasteiger partial charge in [0.2, 0.25) is 0 Å². The Kier molecular flexibility index (Phi) is 3.26. The first-order valence-electron chi connectivity index (χ1n) is 6.90. The molecule has 2 heterocycles. The van der Waals surface area contributed by atoms with Crippen LogP contribution in [0.25, 0.3) is 0 Å². The van der Waals surface area contributed by atoms with Gasteiger partial charge in [-0.05, 0) is 32.2 Å². The van der Waals surface area contributed by atoms with Gasteiger partial charge >= 0.3 is 5.97 Å². The number of carbonyl (C=O) groups is 1. The van der Waals surface area contributed by atoms with Crippen LogP contribution in [0.2, 0.25) is 0 Å². The summed E-state index contributed by atoms with van der Waals surface area (Å²) in [5.74, 6) is 2.49. The first-order chi connectivity index (χ1) is 9.20. The third kappa shape index (κ3) is 2.36. The molecule has 0 amide bonds. The van der Waals surface area contributed by atoms with Gasteiger partial charge in [-0.3, -0.25) is 9.69 Å². The van der Waals surface area contributed by atoms with E-state index in [0.29, 0.717) is 12.5 Å². The van der Waals surface area contributed by atoms with Gasteiger partial charge in [0.05, 0.1) is 13.7 Å². The minimum atomic E-state index is -0.137. The fourth-order valence-electron chi connectivity index (χ4n) is 2.81. The normalized spacial score (nSPS) is 23.8. The van der Waals surface area contributed by atoms with Crippen molar-refractivity contribution in [1.82, 2.24) is 19.7 Å². The number of aromatic nitrogens is 3. The van der Waals surface area contributed by atoms with Crippen molar-refractivity contribution in [2.45, 2.75) is 44.2 Å². The summed E-state index contributed by atoms with van der Waals surface area (Å²) in [6.07, 6.45) is 4.36. The summed E-state index contributed by atoms with van der Waals surface area (Å²) < 4.78 is 6.95. The maximum Gasteiger partial charge on any atom is 0.323 e. The predicted octanol–water partition coefficient (Wildman–Crippen LogP) is 0.830. The Balaban J connectivity index is 1.72. The van der Waals surface area contributed by atoms with Gasteiger partial charge in [0, 0.05) is 13.0 Å². The zero-order valence-electron chi connectivity index (χ0n) is 11.5. The Morgan fingerprint density at radius 3 is 2.84 bits per heavy atom. The molecule has 2 fully saturated rings. The van der Waals surface area contributed by atoms with Crippen molar-refractivity contribution in [2.24, 2.45) is 7.05 Å². The zero-order valence-corrected chi connectivity index (χ0v) is 11.5. The lowest BCUT2D eigenvalue weighted by atomic mass is 10.2. The quantitative estimate of drug-likeness (QED) is 0.754. The zero-order chi connectivity index (χ0) is 13.4. The summed E-state index contributed by atoms with van der Waals surface area (Å²) in [6, 6.07) is -0.119. The minimum absolute atomic E-state index is 0.119. The van der Waals surface area contributed by atoms with Gasteiger partial charge in [-0.25, -0.2) is 0 Å². The van der Waals surface area contributed by atoms with E-state index in [-0.39, 0.29) is 12.0 Å². The third-order valence-electron chi connectivity index (χ3n) is 4.12. The van der Waals surface area contributed by atoms with Gasteiger partial charge in [0.25, 0.3) is 0 Å². The Morgan fingerprint density at radius 1 is 1.37 bits per heavy atom. The third-order valence-corrected chi connectivity index (χ3v) is 4.12. The summed E-state index contributed by atoms with van der Waals surface area (Å²) in [7, 11) is 3.47. The monoisotopic (exact) mass is 264 g/mol. The van der Waals surface area contributed by atoms with Gasteiger partial charge in [-0.2, -0.15) is 0 Å². The second-order valence-electron chi connectivity index (χ2n) is 5.46. The fraction of sp³-hybridized carbons (Fsp3) is 0.769. The van der Waals surface area contributed by atoms with Crippen LogP contribution in [0.3, 0.4) is 0 Å². The smallest absolute Gasteiger partial charge is 0.323 e. The lowest BCUT2D eigenvalue weighted by Gasteiger charge is -2.21. The lowest BCUT2D eigenvalue weighted by molar-refractivity contribution is -0.146. The molecule has 104 valence electrons. The molecule has 3 rings (SSSR count). The first kappa shape index (κ1) is 12.6. The second-order valence-corrected chi connectivity index (χ2v) is 5.46. The molecule has 0 aromatic carbocycles. The molecule has 1 saturated heterocycles. The predicted molar refractivity (Wildman–Crippen MR) is 68.4 cm³/mol. The van der Waals surface area contributed by atoms with Crippen molar-refractivity contribution in [3.63, 3.8) is 0 Å². The molecule has 1 aromatic heterocycles. The van der Waals surface area contributed by atoms with Crippen LogP contribution in [0.5, 0.6) is 0 Å². The van der Waals surface area contributed by atoms with E-state index < -0.39 is 0 Å². The Morgan fingerprint density at radius 2 is 2.16 bits per heavy atom. The average Bonchev–Trinajstić information content (AvgIpc) is 3.05. The van der Waals surface area contributed by atoms with Crippen molar-refractivity contribution in [3.8, 4) is 0 Å². The Labute approximate surface area is 112 Å². The summed E-state index contributed by atoms with van der Waals surface area (Å²) in [5, 5.41) is 8.56. The number of nitrogens with zero attached hydrogens (tertiary/aromatic N) is 4. The maximum atomic E-state index is 11.7. The largest absolute Gasteiger partial charge is 0.468 e. The number of rotatable bonds is 4. The molecule has 0 spiro atoms. The molecule has 1 aliphatic carbocycles. The van der Waals surface area contributed by atoms with Gasteiger partial charge in [-0.1, -0.05) is 0 Å². The summed E-state index contributed by atoms with van der Waals surface area (Å²) >= 11 is 0. The summed E-state index contributed by atoms with van der Waals surface area (Å²) in [6.45, 7) is 1.60. The Bertz CT molecular complexity index is 481. The highest BCUT2D eigenvalue weighted by molar-refractivity contribution is 5.75. The number of carbonyl (C=O) groups excluding carboxylic acids is 1. The van der Waals surface area contributed by atoms with E-state index in [2.05, 4.69) is 19.7 Å². The van der Waals surface area contributed by atoms with E-state index in [9.17, 15) is 4.79 Å². The van der Waals surface area contributed by atoms with Gasteiger partial charge in [0.15, 0.2) is 0 Å². The molecule has 1 aromatic rings. The number of methoxy groups -OCH3 is 1. The van der Waals surface area contributed by atoms with Crippen LogP contribution in [0, 0.1) is 0 Å². The van der Waals surface area contributed by atoms with E-state index in [1.807, 2.05) is 7.05 Å². The highest BCUT2D eigenvalue weighted by Crippen LogP contribution is 2.38. The Hall–Kier alpha value is -1.43. The average molecular weight is 264 g/mol. The van der Waals surface area contributed by atoms with Crippen molar-refractivity contribution in [3.05, 3.63) is 11.6 Å². The molecule has 1 unspecified atom stereocenters. The van der Waals surface area contributed by atoms with Gasteiger partial charge in [0.1, 0.15) is 17.7 Å². The number of hydrogen-bond acceptors (Lipinski definition) is 5. The second kappa shape index (κ2) is 4.92. The van der Waals surface area contributed by atoms with E-state index in [0.717, 1.165) is 31.0 Å². The SMILES string of the molecule is COC(=O)C1CCCN1Cc1nnc(C2CC2)n1C. The first-order valence-corrected chi connectivity index (χ1v) is 6.90. The minimum Gasteiger partial charge on any atom is -0.468 e. The molecule has 6 nitrogen and oxygen atoms in total. The van der Waals surface area contributed by atoms with Crippen molar-refractivity contribution >= 4 is 5.97 Å².